The van der Waals surface area contributed by atoms with Crippen LogP contribution in [0.5, 0.6) is 0 Å². The Morgan fingerprint density at radius 1 is 1.25 bits per heavy atom. The minimum absolute atomic E-state index is 0.418. The van der Waals surface area contributed by atoms with Crippen LogP contribution in [0.4, 0.5) is 0 Å². The van der Waals surface area contributed by atoms with Gasteiger partial charge in [-0.1, -0.05) is 11.6 Å². The molecule has 0 radical (unpaired) electrons. The average Bonchev–Trinajstić information content (AvgIpc) is 2.20. The molecule has 1 heterocycles. The number of carbonyl (C=O) groups excluding carboxylic acids is 1. The lowest BCUT2D eigenvalue weighted by atomic mass is 10.0. The number of benzene rings is 1. The molecule has 2 rings (SSSR count). The zero-order valence-corrected chi connectivity index (χ0v) is 10.2. The van der Waals surface area contributed by atoms with Gasteiger partial charge < -0.3 is 0 Å². The summed E-state index contributed by atoms with van der Waals surface area (Å²) in [5, 5.41) is 0.418. The van der Waals surface area contributed by atoms with E-state index in [1.165, 1.54) is 0 Å². The summed E-state index contributed by atoms with van der Waals surface area (Å²) >= 11 is 5.65. The van der Waals surface area contributed by atoms with Crippen molar-refractivity contribution >= 4 is 27.7 Å². The van der Waals surface area contributed by atoms with Gasteiger partial charge in [-0.25, -0.2) is 0 Å². The highest BCUT2D eigenvalue weighted by Crippen LogP contribution is 2.25. The summed E-state index contributed by atoms with van der Waals surface area (Å²) in [4.78, 5) is 15.9. The average molecular weight is 234 g/mol. The first kappa shape index (κ1) is 11.1. The minimum Gasteiger partial charge on any atom is -0.276 e. The molecule has 16 heavy (non-hydrogen) atoms. The standard InChI is InChI=1S/C13H12ClNO/c1-7-4-5-11-10(6-7)12(13(14)16)8(2)9(3)15-11/h4-6H,1-3H3. The predicted octanol–water partition coefficient (Wildman–Crippen LogP) is 3.54. The molecule has 2 aromatic rings. The third-order valence-corrected chi connectivity index (χ3v) is 3.01. The van der Waals surface area contributed by atoms with Crippen molar-refractivity contribution < 1.29 is 4.79 Å². The van der Waals surface area contributed by atoms with Crippen LogP contribution < -0.4 is 0 Å². The summed E-state index contributed by atoms with van der Waals surface area (Å²) in [5.41, 5.74) is 4.20. The molecule has 0 saturated carbocycles. The molecule has 0 aliphatic heterocycles. The lowest BCUT2D eigenvalue weighted by Gasteiger charge is -2.09. The highest BCUT2D eigenvalue weighted by atomic mass is 35.5. The second-order valence-corrected chi connectivity index (χ2v) is 4.33. The van der Waals surface area contributed by atoms with Gasteiger partial charge in [0.25, 0.3) is 5.24 Å². The summed E-state index contributed by atoms with van der Waals surface area (Å²) in [7, 11) is 0. The van der Waals surface area contributed by atoms with E-state index in [9.17, 15) is 4.79 Å². The van der Waals surface area contributed by atoms with Crippen molar-refractivity contribution in [3.05, 3.63) is 40.6 Å². The number of halogens is 1. The smallest absolute Gasteiger partial charge is 0.253 e. The number of pyridine rings is 1. The van der Waals surface area contributed by atoms with Gasteiger partial charge in [0, 0.05) is 16.6 Å². The van der Waals surface area contributed by atoms with Crippen molar-refractivity contribution in [3.63, 3.8) is 0 Å². The van der Waals surface area contributed by atoms with Crippen LogP contribution in [0.15, 0.2) is 18.2 Å². The SMILES string of the molecule is Cc1ccc2nc(C)c(C)c(C(=O)Cl)c2c1. The number of fused-ring (bicyclic) bond motifs is 1. The lowest BCUT2D eigenvalue weighted by Crippen LogP contribution is -2.01. The summed E-state index contributed by atoms with van der Waals surface area (Å²) in [6.45, 7) is 5.74. The molecular formula is C13H12ClNO. The predicted molar refractivity (Wildman–Crippen MR) is 66.1 cm³/mol. The lowest BCUT2D eigenvalue weighted by molar-refractivity contribution is 0.108. The Bertz CT molecular complexity index is 590. The molecule has 0 amide bonds. The van der Waals surface area contributed by atoms with Crippen LogP contribution in [0.1, 0.15) is 27.2 Å². The molecule has 2 nitrogen and oxygen atoms in total. The van der Waals surface area contributed by atoms with E-state index in [-0.39, 0.29) is 0 Å². The highest BCUT2D eigenvalue weighted by Gasteiger charge is 2.14. The maximum Gasteiger partial charge on any atom is 0.253 e. The zero-order chi connectivity index (χ0) is 11.9. The van der Waals surface area contributed by atoms with Gasteiger partial charge in [0.15, 0.2) is 0 Å². The normalized spacial score (nSPS) is 10.8. The van der Waals surface area contributed by atoms with E-state index in [1.54, 1.807) is 0 Å². The molecule has 0 bridgehead atoms. The summed E-state index contributed by atoms with van der Waals surface area (Å²) < 4.78 is 0. The van der Waals surface area contributed by atoms with Gasteiger partial charge in [-0.3, -0.25) is 9.78 Å². The fourth-order valence-corrected chi connectivity index (χ4v) is 2.09. The van der Waals surface area contributed by atoms with E-state index < -0.39 is 5.24 Å². The number of nitrogens with zero attached hydrogens (tertiary/aromatic N) is 1. The van der Waals surface area contributed by atoms with Gasteiger partial charge in [0.1, 0.15) is 0 Å². The van der Waals surface area contributed by atoms with Crippen molar-refractivity contribution in [1.29, 1.82) is 0 Å². The third kappa shape index (κ3) is 1.69. The first-order valence-electron chi connectivity index (χ1n) is 5.08. The van der Waals surface area contributed by atoms with Crippen LogP contribution >= 0.6 is 11.6 Å². The van der Waals surface area contributed by atoms with Crippen LogP contribution in [0, 0.1) is 20.8 Å². The van der Waals surface area contributed by atoms with Gasteiger partial charge in [0.2, 0.25) is 0 Å². The number of aromatic nitrogens is 1. The Balaban J connectivity index is 2.96. The second-order valence-electron chi connectivity index (χ2n) is 3.99. The van der Waals surface area contributed by atoms with Gasteiger partial charge in [-0.15, -0.1) is 0 Å². The fourth-order valence-electron chi connectivity index (χ4n) is 1.85. The fraction of sp³-hybridized carbons (Fsp3) is 0.231. The molecule has 82 valence electrons. The van der Waals surface area contributed by atoms with Crippen LogP contribution in [-0.4, -0.2) is 10.2 Å². The summed E-state index contributed by atoms with van der Waals surface area (Å²) in [5.74, 6) is 0. The zero-order valence-electron chi connectivity index (χ0n) is 9.47. The minimum atomic E-state index is -0.418. The molecule has 0 N–H and O–H groups in total. The van der Waals surface area contributed by atoms with E-state index in [0.29, 0.717) is 5.56 Å². The van der Waals surface area contributed by atoms with Crippen LogP contribution in [0.2, 0.25) is 0 Å². The Kier molecular flexibility index (Phi) is 2.68. The van der Waals surface area contributed by atoms with E-state index in [2.05, 4.69) is 4.98 Å². The molecule has 3 heteroatoms. The quantitative estimate of drug-likeness (QED) is 0.706. The Labute approximate surface area is 99.3 Å². The maximum absolute atomic E-state index is 11.5. The maximum atomic E-state index is 11.5. The molecule has 0 unspecified atom stereocenters. The molecule has 0 fully saturated rings. The first-order valence-corrected chi connectivity index (χ1v) is 5.46. The summed E-state index contributed by atoms with van der Waals surface area (Å²) in [6, 6.07) is 5.84. The van der Waals surface area contributed by atoms with Crippen molar-refractivity contribution in [2.75, 3.05) is 0 Å². The van der Waals surface area contributed by atoms with Crippen molar-refractivity contribution in [2.24, 2.45) is 0 Å². The Morgan fingerprint density at radius 2 is 1.94 bits per heavy atom. The molecule has 0 aliphatic carbocycles. The van der Waals surface area contributed by atoms with Crippen molar-refractivity contribution in [3.8, 4) is 0 Å². The number of aryl methyl sites for hydroxylation is 2. The van der Waals surface area contributed by atoms with Crippen LogP contribution in [0.3, 0.4) is 0 Å². The van der Waals surface area contributed by atoms with Crippen molar-refractivity contribution in [2.45, 2.75) is 20.8 Å². The molecule has 0 atom stereocenters. The highest BCUT2D eigenvalue weighted by molar-refractivity contribution is 6.68. The topological polar surface area (TPSA) is 30.0 Å². The summed E-state index contributed by atoms with van der Waals surface area (Å²) in [6.07, 6.45) is 0. The van der Waals surface area contributed by atoms with Gasteiger partial charge in [-0.05, 0) is 50.1 Å². The monoisotopic (exact) mass is 233 g/mol. The van der Waals surface area contributed by atoms with Crippen molar-refractivity contribution in [1.82, 2.24) is 4.98 Å². The Hall–Kier alpha value is -1.41. The van der Waals surface area contributed by atoms with E-state index in [1.807, 2.05) is 39.0 Å². The third-order valence-electron chi connectivity index (χ3n) is 2.82. The number of hydrogen-bond acceptors (Lipinski definition) is 2. The molecule has 0 spiro atoms. The number of rotatable bonds is 1. The Morgan fingerprint density at radius 3 is 2.56 bits per heavy atom. The van der Waals surface area contributed by atoms with E-state index >= 15 is 0 Å². The molecule has 1 aromatic carbocycles. The largest absolute Gasteiger partial charge is 0.276 e. The van der Waals surface area contributed by atoms with Crippen LogP contribution in [-0.2, 0) is 0 Å². The second kappa shape index (κ2) is 3.87. The first-order chi connectivity index (χ1) is 7.50. The van der Waals surface area contributed by atoms with Gasteiger partial charge in [0.05, 0.1) is 5.52 Å². The van der Waals surface area contributed by atoms with E-state index in [4.69, 9.17) is 11.6 Å². The van der Waals surface area contributed by atoms with Gasteiger partial charge >= 0.3 is 0 Å². The van der Waals surface area contributed by atoms with Crippen LogP contribution in [0.25, 0.3) is 10.9 Å². The molecular weight excluding hydrogens is 222 g/mol. The molecule has 1 aromatic heterocycles. The number of hydrogen-bond donors (Lipinski definition) is 0. The molecule has 0 aliphatic rings. The van der Waals surface area contributed by atoms with Gasteiger partial charge in [-0.2, -0.15) is 0 Å². The van der Waals surface area contributed by atoms with E-state index in [0.717, 1.165) is 27.7 Å². The molecule has 0 saturated heterocycles. The number of carbonyl (C=O) groups is 1.